The van der Waals surface area contributed by atoms with E-state index < -0.39 is 0 Å². The number of nitrogens with two attached hydrogens (primary N) is 1. The fraction of sp³-hybridized carbons (Fsp3) is 0.263. The first-order chi connectivity index (χ1) is 10.5. The summed E-state index contributed by atoms with van der Waals surface area (Å²) in [7, 11) is 0. The third-order valence-electron chi connectivity index (χ3n) is 3.48. The molecule has 0 amide bonds. The van der Waals surface area contributed by atoms with E-state index in [1.165, 1.54) is 11.1 Å². The maximum atomic E-state index is 6.03. The van der Waals surface area contributed by atoms with Gasteiger partial charge in [-0.05, 0) is 51.0 Å². The first-order valence-corrected chi connectivity index (χ1v) is 7.44. The predicted octanol–water partition coefficient (Wildman–Crippen LogP) is 4.35. The summed E-state index contributed by atoms with van der Waals surface area (Å²) >= 11 is 0. The summed E-state index contributed by atoms with van der Waals surface area (Å²) < 4.78 is 0. The molecule has 0 fully saturated rings. The van der Waals surface area contributed by atoms with Crippen molar-refractivity contribution in [1.82, 2.24) is 0 Å². The molecule has 0 spiro atoms. The van der Waals surface area contributed by atoms with Crippen molar-refractivity contribution in [1.29, 1.82) is 0 Å². The fourth-order valence-corrected chi connectivity index (χ4v) is 2.27. The molecular formula is C19H23N3. The van der Waals surface area contributed by atoms with Gasteiger partial charge < -0.3 is 5.73 Å². The molecule has 0 heterocycles. The van der Waals surface area contributed by atoms with Gasteiger partial charge in [-0.1, -0.05) is 35.4 Å². The van der Waals surface area contributed by atoms with Crippen LogP contribution in [-0.2, 0) is 0 Å². The van der Waals surface area contributed by atoms with E-state index in [9.17, 15) is 0 Å². The van der Waals surface area contributed by atoms with Crippen molar-refractivity contribution in [2.45, 2.75) is 33.7 Å². The Morgan fingerprint density at radius 2 is 1.18 bits per heavy atom. The minimum Gasteiger partial charge on any atom is -0.319 e. The Hall–Kier alpha value is -2.26. The van der Waals surface area contributed by atoms with Gasteiger partial charge in [-0.2, -0.15) is 0 Å². The van der Waals surface area contributed by atoms with Gasteiger partial charge in [0.1, 0.15) is 0 Å². The summed E-state index contributed by atoms with van der Waals surface area (Å²) in [6, 6.07) is 12.0. The van der Waals surface area contributed by atoms with E-state index >= 15 is 0 Å². The van der Waals surface area contributed by atoms with Crippen LogP contribution < -0.4 is 5.73 Å². The van der Waals surface area contributed by atoms with Crippen LogP contribution in [-0.4, -0.2) is 18.5 Å². The molecule has 0 atom stereocenters. The number of benzene rings is 2. The molecular weight excluding hydrogens is 270 g/mol. The molecule has 0 saturated carbocycles. The Morgan fingerprint density at radius 3 is 1.55 bits per heavy atom. The molecule has 0 radical (unpaired) electrons. The predicted molar refractivity (Wildman–Crippen MR) is 96.1 cm³/mol. The minimum atomic E-state index is -0.304. The number of nitrogens with zero attached hydrogens (tertiary/aromatic N) is 2. The molecule has 0 unspecified atom stereocenters. The van der Waals surface area contributed by atoms with Crippen LogP contribution in [0, 0.1) is 27.7 Å². The molecule has 2 rings (SSSR count). The molecule has 0 aliphatic heterocycles. The van der Waals surface area contributed by atoms with E-state index in [1.807, 2.05) is 12.1 Å². The molecule has 0 aromatic heterocycles. The van der Waals surface area contributed by atoms with Crippen LogP contribution in [0.4, 0.5) is 11.4 Å². The van der Waals surface area contributed by atoms with Gasteiger partial charge in [-0.3, -0.25) is 9.98 Å². The van der Waals surface area contributed by atoms with E-state index in [-0.39, 0.29) is 6.04 Å². The van der Waals surface area contributed by atoms with Crippen molar-refractivity contribution in [3.8, 4) is 0 Å². The van der Waals surface area contributed by atoms with Crippen LogP contribution in [0.1, 0.15) is 22.3 Å². The average Bonchev–Trinajstić information content (AvgIpc) is 2.45. The van der Waals surface area contributed by atoms with Crippen molar-refractivity contribution in [2.24, 2.45) is 15.7 Å². The normalized spacial score (nSPS) is 13.1. The molecule has 22 heavy (non-hydrogen) atoms. The Morgan fingerprint density at radius 1 is 0.773 bits per heavy atom. The Labute approximate surface area is 132 Å². The SMILES string of the molecule is Cc1ccc(N=CC(N)C=Nc2ccc(C)cc2C)c(C)c1. The van der Waals surface area contributed by atoms with Crippen molar-refractivity contribution in [2.75, 3.05) is 0 Å². The van der Waals surface area contributed by atoms with Crippen molar-refractivity contribution < 1.29 is 0 Å². The lowest BCUT2D eigenvalue weighted by molar-refractivity contribution is 1.17. The van der Waals surface area contributed by atoms with Crippen LogP contribution in [0.15, 0.2) is 46.4 Å². The molecule has 2 N–H and O–H groups in total. The van der Waals surface area contributed by atoms with Gasteiger partial charge in [-0.25, -0.2) is 0 Å². The van der Waals surface area contributed by atoms with Gasteiger partial charge in [-0.15, -0.1) is 0 Å². The quantitative estimate of drug-likeness (QED) is 0.837. The summed E-state index contributed by atoms with van der Waals surface area (Å²) in [6.45, 7) is 8.25. The molecule has 3 nitrogen and oxygen atoms in total. The zero-order valence-corrected chi connectivity index (χ0v) is 13.7. The average molecular weight is 293 g/mol. The first-order valence-electron chi connectivity index (χ1n) is 7.44. The van der Waals surface area contributed by atoms with Crippen LogP contribution in [0.25, 0.3) is 0 Å². The van der Waals surface area contributed by atoms with Crippen molar-refractivity contribution in [3.63, 3.8) is 0 Å². The highest BCUT2D eigenvalue weighted by Gasteiger charge is 1.99. The summed E-state index contributed by atoms with van der Waals surface area (Å²) in [4.78, 5) is 8.91. The fourth-order valence-electron chi connectivity index (χ4n) is 2.27. The third kappa shape index (κ3) is 4.37. The number of aryl methyl sites for hydroxylation is 4. The van der Waals surface area contributed by atoms with Gasteiger partial charge in [0.15, 0.2) is 0 Å². The maximum Gasteiger partial charge on any atom is 0.0759 e. The summed E-state index contributed by atoms with van der Waals surface area (Å²) in [5, 5.41) is 0. The van der Waals surface area contributed by atoms with E-state index in [4.69, 9.17) is 5.73 Å². The highest BCUT2D eigenvalue weighted by Crippen LogP contribution is 2.20. The Bertz CT molecular complexity index is 653. The second-order valence-corrected chi connectivity index (χ2v) is 5.71. The lowest BCUT2D eigenvalue weighted by atomic mass is 10.1. The first kappa shape index (κ1) is 16.1. The molecule has 0 bridgehead atoms. The largest absolute Gasteiger partial charge is 0.319 e. The van der Waals surface area contributed by atoms with Gasteiger partial charge in [0, 0.05) is 12.4 Å². The van der Waals surface area contributed by atoms with Gasteiger partial charge >= 0.3 is 0 Å². The van der Waals surface area contributed by atoms with Gasteiger partial charge in [0.25, 0.3) is 0 Å². The van der Waals surface area contributed by atoms with Crippen molar-refractivity contribution >= 4 is 23.8 Å². The molecule has 0 aliphatic carbocycles. The van der Waals surface area contributed by atoms with Crippen LogP contribution >= 0.6 is 0 Å². The van der Waals surface area contributed by atoms with E-state index in [0.717, 1.165) is 22.5 Å². The summed E-state index contributed by atoms with van der Waals surface area (Å²) in [6.07, 6.45) is 3.45. The zero-order valence-electron chi connectivity index (χ0n) is 13.7. The second kappa shape index (κ2) is 7.14. The monoisotopic (exact) mass is 293 g/mol. The highest BCUT2D eigenvalue weighted by atomic mass is 14.8. The topological polar surface area (TPSA) is 50.7 Å². The zero-order chi connectivity index (χ0) is 16.1. The van der Waals surface area contributed by atoms with E-state index in [1.54, 1.807) is 12.4 Å². The highest BCUT2D eigenvalue weighted by molar-refractivity contribution is 5.90. The standard InChI is InChI=1S/C19H23N3/c1-13-5-7-18(15(3)9-13)21-11-17(20)12-22-19-8-6-14(2)10-16(19)4/h5-12,17H,20H2,1-4H3. The Kier molecular flexibility index (Phi) is 5.23. The third-order valence-corrected chi connectivity index (χ3v) is 3.48. The maximum absolute atomic E-state index is 6.03. The molecule has 2 aromatic rings. The minimum absolute atomic E-state index is 0.304. The number of hydrogen-bond donors (Lipinski definition) is 1. The number of rotatable bonds is 4. The second-order valence-electron chi connectivity index (χ2n) is 5.71. The lowest BCUT2D eigenvalue weighted by Gasteiger charge is -2.04. The molecule has 114 valence electrons. The lowest BCUT2D eigenvalue weighted by Crippen LogP contribution is -2.22. The molecule has 3 heteroatoms. The van der Waals surface area contributed by atoms with E-state index in [2.05, 4.69) is 61.9 Å². The molecule has 2 aromatic carbocycles. The van der Waals surface area contributed by atoms with Gasteiger partial charge in [0.2, 0.25) is 0 Å². The van der Waals surface area contributed by atoms with Crippen molar-refractivity contribution in [3.05, 3.63) is 58.7 Å². The van der Waals surface area contributed by atoms with Crippen LogP contribution in [0.3, 0.4) is 0 Å². The smallest absolute Gasteiger partial charge is 0.0759 e. The number of aliphatic imine (C=N–C) groups is 2. The summed E-state index contributed by atoms with van der Waals surface area (Å²) in [5.41, 5.74) is 12.7. The summed E-state index contributed by atoms with van der Waals surface area (Å²) in [5.74, 6) is 0. The van der Waals surface area contributed by atoms with Gasteiger partial charge in [0.05, 0.1) is 17.4 Å². The Balaban J connectivity index is 2.07. The van der Waals surface area contributed by atoms with Crippen LogP contribution in [0.5, 0.6) is 0 Å². The molecule has 0 aliphatic rings. The number of hydrogen-bond acceptors (Lipinski definition) is 3. The molecule has 0 saturated heterocycles. The van der Waals surface area contributed by atoms with E-state index in [0.29, 0.717) is 0 Å². The van der Waals surface area contributed by atoms with Crippen LogP contribution in [0.2, 0.25) is 0 Å².